The molecule has 40 heavy (non-hydrogen) atoms. The van der Waals surface area contributed by atoms with E-state index in [4.69, 9.17) is 10.5 Å². The van der Waals surface area contributed by atoms with Gasteiger partial charge in [-0.05, 0) is 42.4 Å². The number of aromatic nitrogens is 1. The molecule has 0 unspecified atom stereocenters. The molecule has 202 valence electrons. The molecule has 1 aliphatic rings. The first-order chi connectivity index (χ1) is 19.4. The Bertz CT molecular complexity index is 1740. The van der Waals surface area contributed by atoms with E-state index in [1.807, 2.05) is 48.3 Å². The first kappa shape index (κ1) is 25.6. The number of benzene rings is 4. The molecule has 1 saturated heterocycles. The summed E-state index contributed by atoms with van der Waals surface area (Å²) in [5.74, 6) is -1.01. The van der Waals surface area contributed by atoms with Crippen molar-refractivity contribution in [2.24, 2.45) is 5.73 Å². The lowest BCUT2D eigenvalue weighted by Crippen LogP contribution is -2.47. The van der Waals surface area contributed by atoms with E-state index in [9.17, 15) is 9.59 Å². The molecule has 1 aromatic heterocycles. The fourth-order valence-electron chi connectivity index (χ4n) is 5.33. The van der Waals surface area contributed by atoms with Crippen molar-refractivity contribution < 1.29 is 18.7 Å². The van der Waals surface area contributed by atoms with Crippen LogP contribution in [0.5, 0.6) is 5.75 Å². The van der Waals surface area contributed by atoms with Crippen molar-refractivity contribution in [2.45, 2.75) is 6.61 Å². The molecule has 0 radical (unpaired) electrons. The lowest BCUT2D eigenvalue weighted by atomic mass is 9.96. The second-order valence-electron chi connectivity index (χ2n) is 10.1. The number of nitrogens with zero attached hydrogens (tertiary/aromatic N) is 2. The molecule has 1 aliphatic heterocycles. The molecule has 1 fully saturated rings. The number of aromatic amines is 1. The van der Waals surface area contributed by atoms with Crippen LogP contribution in [0.25, 0.3) is 32.9 Å². The second kappa shape index (κ2) is 10.5. The SMILES string of the molecule is CN1CCN(C(=O)c2ccc3c(c2)[nH]c2c(C(N)=O)ccc(-c4cccc(OCc5ccccc5)c4F)c23)CC1. The molecule has 8 heteroatoms. The van der Waals surface area contributed by atoms with Crippen LogP contribution in [0.3, 0.4) is 0 Å². The summed E-state index contributed by atoms with van der Waals surface area (Å²) in [7, 11) is 2.04. The number of ether oxygens (including phenoxy) is 1. The quantitative estimate of drug-likeness (QED) is 0.312. The summed E-state index contributed by atoms with van der Waals surface area (Å²) < 4.78 is 21.7. The van der Waals surface area contributed by atoms with E-state index in [0.717, 1.165) is 24.0 Å². The number of hydrogen-bond donors (Lipinski definition) is 2. The maximum Gasteiger partial charge on any atom is 0.254 e. The van der Waals surface area contributed by atoms with Gasteiger partial charge in [0.15, 0.2) is 11.6 Å². The number of amides is 2. The summed E-state index contributed by atoms with van der Waals surface area (Å²) in [5, 5.41) is 1.42. The molecule has 6 rings (SSSR count). The minimum atomic E-state index is -0.600. The van der Waals surface area contributed by atoms with Crippen LogP contribution in [0.1, 0.15) is 26.3 Å². The van der Waals surface area contributed by atoms with Crippen LogP contribution >= 0.6 is 0 Å². The Hall–Kier alpha value is -4.69. The molecule has 0 saturated carbocycles. The zero-order valence-electron chi connectivity index (χ0n) is 22.1. The van der Waals surface area contributed by atoms with Gasteiger partial charge in [0.2, 0.25) is 0 Å². The van der Waals surface area contributed by atoms with E-state index >= 15 is 4.39 Å². The van der Waals surface area contributed by atoms with Gasteiger partial charge < -0.3 is 25.3 Å². The van der Waals surface area contributed by atoms with Crippen molar-refractivity contribution in [1.82, 2.24) is 14.8 Å². The zero-order chi connectivity index (χ0) is 27.8. The molecule has 0 spiro atoms. The maximum atomic E-state index is 15.9. The van der Waals surface area contributed by atoms with Gasteiger partial charge in [-0.15, -0.1) is 0 Å². The zero-order valence-corrected chi connectivity index (χ0v) is 22.1. The van der Waals surface area contributed by atoms with Crippen LogP contribution < -0.4 is 10.5 Å². The molecule has 4 aromatic carbocycles. The molecular formula is C32H29FN4O3. The highest BCUT2D eigenvalue weighted by Gasteiger charge is 2.23. The smallest absolute Gasteiger partial charge is 0.254 e. The van der Waals surface area contributed by atoms with Crippen LogP contribution in [0.15, 0.2) is 78.9 Å². The number of H-pyrrole nitrogens is 1. The minimum Gasteiger partial charge on any atom is -0.486 e. The fourth-order valence-corrected chi connectivity index (χ4v) is 5.33. The van der Waals surface area contributed by atoms with E-state index < -0.39 is 11.7 Å². The summed E-state index contributed by atoms with van der Waals surface area (Å²) in [6, 6.07) is 23.3. The Morgan fingerprint density at radius 3 is 2.45 bits per heavy atom. The average Bonchev–Trinajstić information content (AvgIpc) is 3.35. The van der Waals surface area contributed by atoms with Gasteiger partial charge in [0.1, 0.15) is 6.61 Å². The average molecular weight is 537 g/mol. The molecule has 0 bridgehead atoms. The number of halogens is 1. The number of nitrogens with one attached hydrogen (secondary N) is 1. The third kappa shape index (κ3) is 4.67. The Labute approximate surface area is 230 Å². The normalized spacial score (nSPS) is 14.1. The molecule has 7 nitrogen and oxygen atoms in total. The molecule has 2 amide bonds. The Kier molecular flexibility index (Phi) is 6.69. The number of nitrogens with two attached hydrogens (primary N) is 1. The minimum absolute atomic E-state index is 0.0432. The molecule has 0 aliphatic carbocycles. The lowest BCUT2D eigenvalue weighted by molar-refractivity contribution is 0.0664. The number of piperazine rings is 1. The summed E-state index contributed by atoms with van der Waals surface area (Å²) in [5.41, 5.74) is 9.57. The van der Waals surface area contributed by atoms with E-state index in [2.05, 4.69) is 9.88 Å². The third-order valence-electron chi connectivity index (χ3n) is 7.55. The summed E-state index contributed by atoms with van der Waals surface area (Å²) in [6.07, 6.45) is 0. The van der Waals surface area contributed by atoms with Crippen LogP contribution in [-0.2, 0) is 6.61 Å². The number of hydrogen-bond acceptors (Lipinski definition) is 4. The molecular weight excluding hydrogens is 507 g/mol. The number of fused-ring (bicyclic) bond motifs is 3. The van der Waals surface area contributed by atoms with Crippen LogP contribution in [0, 0.1) is 5.82 Å². The van der Waals surface area contributed by atoms with E-state index in [1.54, 1.807) is 42.5 Å². The number of carbonyl (C=O) groups excluding carboxylic acids is 2. The second-order valence-corrected chi connectivity index (χ2v) is 10.1. The van der Waals surface area contributed by atoms with Gasteiger partial charge in [-0.1, -0.05) is 54.6 Å². The molecule has 3 N–H and O–H groups in total. The first-order valence-corrected chi connectivity index (χ1v) is 13.2. The molecule has 2 heterocycles. The van der Waals surface area contributed by atoms with Gasteiger partial charge in [0.05, 0.1) is 11.1 Å². The van der Waals surface area contributed by atoms with Crippen molar-refractivity contribution in [1.29, 1.82) is 0 Å². The Morgan fingerprint density at radius 2 is 1.70 bits per heavy atom. The van der Waals surface area contributed by atoms with Crippen molar-refractivity contribution in [3.8, 4) is 16.9 Å². The first-order valence-electron chi connectivity index (χ1n) is 13.2. The summed E-state index contributed by atoms with van der Waals surface area (Å²) in [6.45, 7) is 3.21. The third-order valence-corrected chi connectivity index (χ3v) is 7.55. The number of rotatable bonds is 6. The van der Waals surface area contributed by atoms with Gasteiger partial charge in [0.25, 0.3) is 11.8 Å². The fraction of sp³-hybridized carbons (Fsp3) is 0.188. The van der Waals surface area contributed by atoms with Gasteiger partial charge in [0, 0.05) is 53.6 Å². The number of carbonyl (C=O) groups is 2. The predicted octanol–water partition coefficient (Wildman–Crippen LogP) is 5.19. The molecule has 0 atom stereocenters. The topological polar surface area (TPSA) is 91.7 Å². The van der Waals surface area contributed by atoms with Crippen LogP contribution in [0.4, 0.5) is 4.39 Å². The van der Waals surface area contributed by atoms with Gasteiger partial charge in [-0.2, -0.15) is 0 Å². The van der Waals surface area contributed by atoms with Crippen molar-refractivity contribution >= 4 is 33.6 Å². The Balaban J connectivity index is 1.43. The lowest BCUT2D eigenvalue weighted by Gasteiger charge is -2.32. The van der Waals surface area contributed by atoms with E-state index in [-0.39, 0.29) is 18.3 Å². The highest BCUT2D eigenvalue weighted by atomic mass is 19.1. The monoisotopic (exact) mass is 536 g/mol. The predicted molar refractivity (Wildman–Crippen MR) is 154 cm³/mol. The van der Waals surface area contributed by atoms with Gasteiger partial charge >= 0.3 is 0 Å². The van der Waals surface area contributed by atoms with Crippen molar-refractivity contribution in [2.75, 3.05) is 33.2 Å². The van der Waals surface area contributed by atoms with Crippen molar-refractivity contribution in [3.63, 3.8) is 0 Å². The number of primary amides is 1. The highest BCUT2D eigenvalue weighted by Crippen LogP contribution is 2.39. The van der Waals surface area contributed by atoms with Crippen molar-refractivity contribution in [3.05, 3.63) is 101 Å². The summed E-state index contributed by atoms with van der Waals surface area (Å²) >= 11 is 0. The van der Waals surface area contributed by atoms with Gasteiger partial charge in [-0.25, -0.2) is 4.39 Å². The largest absolute Gasteiger partial charge is 0.486 e. The Morgan fingerprint density at radius 1 is 0.925 bits per heavy atom. The van der Waals surface area contributed by atoms with Gasteiger partial charge in [-0.3, -0.25) is 9.59 Å². The van der Waals surface area contributed by atoms with Crippen LogP contribution in [-0.4, -0.2) is 59.8 Å². The maximum absolute atomic E-state index is 15.9. The van der Waals surface area contributed by atoms with E-state index in [0.29, 0.717) is 51.8 Å². The number of likely N-dealkylation sites (N-methyl/N-ethyl adjacent to an activating group) is 1. The molecule has 5 aromatic rings. The highest BCUT2D eigenvalue weighted by molar-refractivity contribution is 6.20. The van der Waals surface area contributed by atoms with Crippen LogP contribution in [0.2, 0.25) is 0 Å². The van der Waals surface area contributed by atoms with E-state index in [1.165, 1.54) is 0 Å². The standard InChI is InChI=1S/C32H29FN4O3/c1-36-14-16-37(17-15-36)32(39)21-10-11-24-26(18-21)35-30-25(31(34)38)13-12-22(28(24)30)23-8-5-9-27(29(23)33)40-19-20-6-3-2-4-7-20/h2-13,18,35H,14-17,19H2,1H3,(H2,34,38). The summed E-state index contributed by atoms with van der Waals surface area (Å²) in [4.78, 5) is 32.9.